The summed E-state index contributed by atoms with van der Waals surface area (Å²) in [5, 5.41) is 12.0. The Hall–Kier alpha value is -1.56. The van der Waals surface area contributed by atoms with Gasteiger partial charge < -0.3 is 10.4 Å². The van der Waals surface area contributed by atoms with E-state index >= 15 is 0 Å². The van der Waals surface area contributed by atoms with Gasteiger partial charge in [0, 0.05) is 6.04 Å². The van der Waals surface area contributed by atoms with Crippen molar-refractivity contribution in [3.8, 4) is 0 Å². The molecule has 1 saturated heterocycles. The smallest absolute Gasteiger partial charge is 0.416 e. The van der Waals surface area contributed by atoms with Gasteiger partial charge in [0.1, 0.15) is 0 Å². The fraction of sp³-hybridized carbons (Fsp3) is 0.462. The molecule has 1 aliphatic heterocycles. The molecule has 3 nitrogen and oxygen atoms in total. The zero-order valence-corrected chi connectivity index (χ0v) is 10.1. The van der Waals surface area contributed by atoms with Crippen LogP contribution >= 0.6 is 0 Å². The lowest BCUT2D eigenvalue weighted by atomic mass is 9.88. The summed E-state index contributed by atoms with van der Waals surface area (Å²) in [6.45, 7) is 0.498. The van der Waals surface area contributed by atoms with Gasteiger partial charge in [-0.3, -0.25) is 4.79 Å². The zero-order valence-electron chi connectivity index (χ0n) is 10.1. The van der Waals surface area contributed by atoms with Crippen molar-refractivity contribution >= 4 is 5.97 Å². The van der Waals surface area contributed by atoms with Crippen LogP contribution in [-0.2, 0) is 11.0 Å². The summed E-state index contributed by atoms with van der Waals surface area (Å²) >= 11 is 0. The highest BCUT2D eigenvalue weighted by Gasteiger charge is 2.32. The van der Waals surface area contributed by atoms with Crippen LogP contribution in [0.3, 0.4) is 0 Å². The summed E-state index contributed by atoms with van der Waals surface area (Å²) < 4.78 is 37.9. The molecule has 1 heterocycles. The highest BCUT2D eigenvalue weighted by Crippen LogP contribution is 2.33. The van der Waals surface area contributed by atoms with Gasteiger partial charge in [-0.15, -0.1) is 0 Å². The molecular weight excluding hydrogens is 259 g/mol. The van der Waals surface area contributed by atoms with Gasteiger partial charge in [-0.2, -0.15) is 13.2 Å². The van der Waals surface area contributed by atoms with E-state index in [2.05, 4.69) is 5.32 Å². The minimum atomic E-state index is -4.38. The molecule has 0 aromatic heterocycles. The van der Waals surface area contributed by atoms with Gasteiger partial charge in [-0.1, -0.05) is 12.1 Å². The molecule has 2 N–H and O–H groups in total. The summed E-state index contributed by atoms with van der Waals surface area (Å²) in [6.07, 6.45) is -3.56. The molecule has 0 aliphatic carbocycles. The predicted molar refractivity (Wildman–Crippen MR) is 62.5 cm³/mol. The molecule has 2 unspecified atom stereocenters. The Morgan fingerprint density at radius 2 is 2.11 bits per heavy atom. The van der Waals surface area contributed by atoms with Gasteiger partial charge in [0.05, 0.1) is 11.5 Å². The molecule has 104 valence electrons. The Balaban J connectivity index is 2.20. The number of nitrogens with one attached hydrogen (secondary N) is 1. The van der Waals surface area contributed by atoms with Crippen LogP contribution in [0.25, 0.3) is 0 Å². The van der Waals surface area contributed by atoms with Crippen LogP contribution in [0, 0.1) is 5.92 Å². The van der Waals surface area contributed by atoms with E-state index in [4.69, 9.17) is 5.11 Å². The van der Waals surface area contributed by atoms with Crippen LogP contribution in [0.4, 0.5) is 13.2 Å². The van der Waals surface area contributed by atoms with Crippen molar-refractivity contribution in [1.29, 1.82) is 0 Å². The van der Waals surface area contributed by atoms with Crippen molar-refractivity contribution in [1.82, 2.24) is 5.32 Å². The van der Waals surface area contributed by atoms with E-state index in [0.717, 1.165) is 12.1 Å². The van der Waals surface area contributed by atoms with E-state index < -0.39 is 23.6 Å². The second kappa shape index (κ2) is 5.21. The number of hydrogen-bond acceptors (Lipinski definition) is 2. The average Bonchev–Trinajstić information content (AvgIpc) is 2.38. The van der Waals surface area contributed by atoms with Gasteiger partial charge in [0.15, 0.2) is 0 Å². The molecule has 0 bridgehead atoms. The quantitative estimate of drug-likeness (QED) is 0.871. The molecule has 1 aromatic rings. The van der Waals surface area contributed by atoms with Crippen molar-refractivity contribution < 1.29 is 23.1 Å². The van der Waals surface area contributed by atoms with E-state index in [1.54, 1.807) is 6.07 Å². The van der Waals surface area contributed by atoms with E-state index in [-0.39, 0.29) is 6.04 Å². The molecule has 0 amide bonds. The lowest BCUT2D eigenvalue weighted by molar-refractivity contribution is -0.143. The number of rotatable bonds is 2. The summed E-state index contributed by atoms with van der Waals surface area (Å²) in [5.41, 5.74) is -0.218. The van der Waals surface area contributed by atoms with Crippen molar-refractivity contribution in [2.45, 2.75) is 25.1 Å². The predicted octanol–water partition coefficient (Wildman–Crippen LogP) is 2.83. The third kappa shape index (κ3) is 3.26. The summed E-state index contributed by atoms with van der Waals surface area (Å²) in [5.74, 6) is -1.39. The van der Waals surface area contributed by atoms with Gasteiger partial charge in [-0.25, -0.2) is 0 Å². The van der Waals surface area contributed by atoms with E-state index in [1.807, 2.05) is 0 Å². The molecule has 0 saturated carbocycles. The number of benzene rings is 1. The van der Waals surface area contributed by atoms with Gasteiger partial charge >= 0.3 is 12.1 Å². The number of carboxylic acid groups (broad SMARTS) is 1. The summed E-state index contributed by atoms with van der Waals surface area (Å²) in [6, 6.07) is 4.71. The standard InChI is InChI=1S/C13H14F3NO2/c14-13(15,16)10-3-1-2-8(6-10)11-7-9(12(18)19)4-5-17-11/h1-3,6,9,11,17H,4-5,7H2,(H,18,19). The van der Waals surface area contributed by atoms with Crippen molar-refractivity contribution in [2.24, 2.45) is 5.92 Å². The first-order valence-corrected chi connectivity index (χ1v) is 6.01. The Morgan fingerprint density at radius 3 is 2.74 bits per heavy atom. The second-order valence-corrected chi connectivity index (χ2v) is 4.69. The number of halogens is 3. The van der Waals surface area contributed by atoms with Crippen molar-refractivity contribution in [3.63, 3.8) is 0 Å². The summed E-state index contributed by atoms with van der Waals surface area (Å²) in [7, 11) is 0. The number of aliphatic carboxylic acids is 1. The van der Waals surface area contributed by atoms with Crippen LogP contribution in [0.2, 0.25) is 0 Å². The third-order valence-electron chi connectivity index (χ3n) is 3.37. The number of hydrogen-bond donors (Lipinski definition) is 2. The number of carbonyl (C=O) groups is 1. The maximum absolute atomic E-state index is 12.6. The van der Waals surface area contributed by atoms with E-state index in [0.29, 0.717) is 24.9 Å². The normalized spacial score (nSPS) is 24.2. The van der Waals surface area contributed by atoms with Crippen LogP contribution in [-0.4, -0.2) is 17.6 Å². The Morgan fingerprint density at radius 1 is 1.37 bits per heavy atom. The van der Waals surface area contributed by atoms with Gasteiger partial charge in [0.25, 0.3) is 0 Å². The number of piperidine rings is 1. The summed E-state index contributed by atoms with van der Waals surface area (Å²) in [4.78, 5) is 10.9. The van der Waals surface area contributed by atoms with Crippen LogP contribution in [0.1, 0.15) is 30.0 Å². The molecule has 0 radical (unpaired) electrons. The van der Waals surface area contributed by atoms with Crippen molar-refractivity contribution in [3.05, 3.63) is 35.4 Å². The Bertz CT molecular complexity index is 473. The first-order valence-electron chi connectivity index (χ1n) is 6.01. The number of carboxylic acids is 1. The molecule has 19 heavy (non-hydrogen) atoms. The SMILES string of the molecule is O=C(O)C1CCNC(c2cccc(C(F)(F)F)c2)C1. The fourth-order valence-electron chi connectivity index (χ4n) is 2.33. The first kappa shape index (κ1) is 13.9. The highest BCUT2D eigenvalue weighted by atomic mass is 19.4. The van der Waals surface area contributed by atoms with Crippen LogP contribution in [0.15, 0.2) is 24.3 Å². The number of alkyl halides is 3. The van der Waals surface area contributed by atoms with Gasteiger partial charge in [0.2, 0.25) is 0 Å². The van der Waals surface area contributed by atoms with Crippen molar-refractivity contribution in [2.75, 3.05) is 6.54 Å². The minimum absolute atomic E-state index is 0.316. The minimum Gasteiger partial charge on any atom is -0.481 e. The van der Waals surface area contributed by atoms with Gasteiger partial charge in [-0.05, 0) is 37.1 Å². The van der Waals surface area contributed by atoms with Crippen LogP contribution < -0.4 is 5.32 Å². The lowest BCUT2D eigenvalue weighted by Gasteiger charge is -2.28. The molecule has 6 heteroatoms. The Labute approximate surface area is 108 Å². The maximum Gasteiger partial charge on any atom is 0.416 e. The highest BCUT2D eigenvalue weighted by molar-refractivity contribution is 5.70. The topological polar surface area (TPSA) is 49.3 Å². The fourth-order valence-corrected chi connectivity index (χ4v) is 2.33. The second-order valence-electron chi connectivity index (χ2n) is 4.69. The largest absolute Gasteiger partial charge is 0.481 e. The molecule has 0 spiro atoms. The third-order valence-corrected chi connectivity index (χ3v) is 3.37. The molecule has 1 aliphatic rings. The van der Waals surface area contributed by atoms with E-state index in [1.165, 1.54) is 6.07 Å². The lowest BCUT2D eigenvalue weighted by Crippen LogP contribution is -2.35. The average molecular weight is 273 g/mol. The molecule has 2 atom stereocenters. The van der Waals surface area contributed by atoms with E-state index in [9.17, 15) is 18.0 Å². The monoisotopic (exact) mass is 273 g/mol. The molecule has 1 aromatic carbocycles. The van der Waals surface area contributed by atoms with Crippen LogP contribution in [0.5, 0.6) is 0 Å². The first-order chi connectivity index (χ1) is 8.88. The zero-order chi connectivity index (χ0) is 14.0. The molecular formula is C13H14F3NO2. The molecule has 2 rings (SSSR count). The Kier molecular flexibility index (Phi) is 3.80. The maximum atomic E-state index is 12.6. The molecule has 1 fully saturated rings.